The fraction of sp³-hybridized carbons (Fsp3) is 0.0448. The van der Waals surface area contributed by atoms with E-state index in [1.807, 2.05) is 6.07 Å². The summed E-state index contributed by atoms with van der Waals surface area (Å²) in [7, 11) is 0. The monoisotopic (exact) mass is 891 g/mol. The van der Waals surface area contributed by atoms with E-state index < -0.39 is 5.41 Å². The molecule has 0 N–H and O–H groups in total. The quantitative estimate of drug-likeness (QED) is 0.148. The first-order valence-corrected chi connectivity index (χ1v) is 24.3. The minimum Gasteiger partial charge on any atom is -0.341 e. The summed E-state index contributed by atoms with van der Waals surface area (Å²) in [5.41, 5.74) is 18.2. The zero-order chi connectivity index (χ0) is 46.3. The summed E-state index contributed by atoms with van der Waals surface area (Å²) in [6, 6.07) is 96.4. The molecular weight excluding hydrogens is 847 g/mol. The van der Waals surface area contributed by atoms with Gasteiger partial charge in [-0.3, -0.25) is 0 Å². The maximum Gasteiger partial charge on any atom is 0.0973 e. The lowest BCUT2D eigenvalue weighted by atomic mass is 9.67. The fourth-order valence-corrected chi connectivity index (χ4v) is 12.2. The van der Waals surface area contributed by atoms with Crippen LogP contribution in [0.5, 0.6) is 0 Å². The number of hydrogen-bond donors (Lipinski definition) is 0. The molecule has 0 unspecified atom stereocenters. The van der Waals surface area contributed by atoms with Gasteiger partial charge in [0.2, 0.25) is 0 Å². The van der Waals surface area contributed by atoms with E-state index in [9.17, 15) is 0 Å². The molecule has 0 saturated heterocycles. The molecule has 2 aromatic heterocycles. The predicted octanol–water partition coefficient (Wildman–Crippen LogP) is 17.2. The summed E-state index contributed by atoms with van der Waals surface area (Å²) < 4.78 is 4.86. The van der Waals surface area contributed by atoms with Crippen molar-refractivity contribution in [1.29, 1.82) is 0 Å². The largest absolute Gasteiger partial charge is 0.341 e. The molecule has 3 heteroatoms. The highest BCUT2D eigenvalue weighted by Crippen LogP contribution is 2.60. The molecule has 13 aromatic rings. The van der Waals surface area contributed by atoms with Gasteiger partial charge in [0.05, 0.1) is 27.8 Å². The van der Waals surface area contributed by atoms with Crippen LogP contribution in [0.15, 0.2) is 243 Å². The Morgan fingerprint density at radius 3 is 1.83 bits per heavy atom. The highest BCUT2D eigenvalue weighted by Gasteiger charge is 2.47. The number of benzene rings is 10. The van der Waals surface area contributed by atoms with Crippen molar-refractivity contribution in [1.82, 2.24) is 9.13 Å². The van der Waals surface area contributed by atoms with Crippen LogP contribution in [0.2, 0.25) is 0 Å². The Morgan fingerprint density at radius 2 is 1.10 bits per heavy atom. The van der Waals surface area contributed by atoms with E-state index in [0.29, 0.717) is 0 Å². The highest BCUT2D eigenvalue weighted by molar-refractivity contribution is 6.17. The lowest BCUT2D eigenvalue weighted by Gasteiger charge is -2.35. The average Bonchev–Trinajstić information content (AvgIpc) is 4.05. The van der Waals surface area contributed by atoms with Crippen molar-refractivity contribution in [3.8, 4) is 27.9 Å². The number of hydrogen-bond acceptors (Lipinski definition) is 1. The zero-order valence-corrected chi connectivity index (χ0v) is 38.6. The summed E-state index contributed by atoms with van der Waals surface area (Å²) in [5, 5.41) is 7.43. The smallest absolute Gasteiger partial charge is 0.0973 e. The number of anilines is 3. The Bertz CT molecular complexity index is 4110. The minimum atomic E-state index is -0.683. The van der Waals surface area contributed by atoms with Crippen LogP contribution in [0.3, 0.4) is 0 Å². The molecular formula is C67H45N3. The Kier molecular flexibility index (Phi) is 9.00. The maximum absolute atomic E-state index is 3.56. The molecule has 0 spiro atoms. The van der Waals surface area contributed by atoms with E-state index in [4.69, 9.17) is 0 Å². The summed E-state index contributed by atoms with van der Waals surface area (Å²) in [4.78, 5) is 2.40. The molecule has 1 aliphatic rings. The number of aryl methyl sites for hydroxylation is 1. The highest BCUT2D eigenvalue weighted by atomic mass is 15.1. The van der Waals surface area contributed by atoms with Crippen molar-refractivity contribution in [2.45, 2.75) is 18.9 Å². The topological polar surface area (TPSA) is 13.1 Å². The number of para-hydroxylation sites is 3. The summed E-state index contributed by atoms with van der Waals surface area (Å²) in [6.07, 6.45) is 0. The molecule has 0 fully saturated rings. The van der Waals surface area contributed by atoms with Gasteiger partial charge < -0.3 is 14.0 Å². The van der Waals surface area contributed by atoms with Crippen molar-refractivity contribution >= 4 is 71.4 Å². The Balaban J connectivity index is 1.07. The van der Waals surface area contributed by atoms with Crippen molar-refractivity contribution in [3.63, 3.8) is 0 Å². The van der Waals surface area contributed by atoms with Gasteiger partial charge in [0.1, 0.15) is 0 Å². The molecule has 14 rings (SSSR count). The van der Waals surface area contributed by atoms with Crippen LogP contribution in [0.1, 0.15) is 29.2 Å². The van der Waals surface area contributed by atoms with Gasteiger partial charge in [0.15, 0.2) is 0 Å². The molecule has 0 amide bonds. The second kappa shape index (κ2) is 15.7. The number of aromatic nitrogens is 2. The van der Waals surface area contributed by atoms with E-state index in [1.165, 1.54) is 87.9 Å². The van der Waals surface area contributed by atoms with Crippen molar-refractivity contribution in [2.75, 3.05) is 4.90 Å². The van der Waals surface area contributed by atoms with Crippen LogP contribution in [-0.2, 0) is 12.0 Å². The second-order valence-electron chi connectivity index (χ2n) is 18.5. The Hall–Kier alpha value is -9.10. The molecule has 0 atom stereocenters. The lowest BCUT2D eigenvalue weighted by Crippen LogP contribution is -2.29. The predicted molar refractivity (Wildman–Crippen MR) is 292 cm³/mol. The molecule has 70 heavy (non-hydrogen) atoms. The number of rotatable bonds is 8. The standard InChI is InChI=1S/C67H45N3/c1-2-68-60-34-19-17-31-52(60)53-40-38-45(42-64(53)68)57-44-59-65(54-32-16-15-30-51(54)57)55-41-39-50(43-58(55)67(59,46-22-7-3-8-23-46)47-24-9-4-10-25-47)69(48-26-11-5-12-27-48)62-36-21-37-63-66(62)56-33-18-20-35-61(56)70(63)49-28-13-6-14-29-49/h3-11,13-26,28-44H,2H2,1H3. The van der Waals surface area contributed by atoms with Crippen LogP contribution in [0.4, 0.5) is 17.1 Å². The van der Waals surface area contributed by atoms with E-state index in [2.05, 4.69) is 270 Å². The van der Waals surface area contributed by atoms with E-state index >= 15 is 0 Å². The molecule has 2 heterocycles. The third-order valence-electron chi connectivity index (χ3n) is 15.0. The molecule has 0 bridgehead atoms. The summed E-state index contributed by atoms with van der Waals surface area (Å²) >= 11 is 0. The molecule has 0 saturated carbocycles. The maximum atomic E-state index is 3.56. The van der Waals surface area contributed by atoms with Gasteiger partial charge in [-0.2, -0.15) is 0 Å². The van der Waals surface area contributed by atoms with Gasteiger partial charge in [-0.25, -0.2) is 0 Å². The first kappa shape index (κ1) is 40.0. The van der Waals surface area contributed by atoms with Gasteiger partial charge in [-0.05, 0) is 141 Å². The van der Waals surface area contributed by atoms with Gasteiger partial charge in [0.25, 0.3) is 0 Å². The van der Waals surface area contributed by atoms with Crippen molar-refractivity contribution in [3.05, 3.63) is 277 Å². The molecule has 328 valence electrons. The first-order chi connectivity index (χ1) is 34.7. The fourth-order valence-electron chi connectivity index (χ4n) is 12.2. The summed E-state index contributed by atoms with van der Waals surface area (Å²) in [6.45, 7) is 3.14. The van der Waals surface area contributed by atoms with Crippen molar-refractivity contribution in [2.24, 2.45) is 0 Å². The third kappa shape index (κ3) is 5.71. The number of fused-ring (bicyclic) bond motifs is 11. The van der Waals surface area contributed by atoms with E-state index in [-0.39, 0.29) is 0 Å². The molecule has 1 aliphatic carbocycles. The van der Waals surface area contributed by atoms with Crippen molar-refractivity contribution < 1.29 is 0 Å². The average molecular weight is 892 g/mol. The first-order valence-electron chi connectivity index (χ1n) is 24.3. The van der Waals surface area contributed by atoms with Gasteiger partial charge >= 0.3 is 0 Å². The van der Waals surface area contributed by atoms with Crippen LogP contribution < -0.4 is 4.90 Å². The SMILES string of the molecule is CCn1c2ccccc2c2ccc(-c3cc4c(c5ccccc35)-c3ccc(N(c5c#cccc5)c5cccc6c5c5ccccc5n6-c5ccccc5)cc3C4(c3ccccc3)c3ccccc3)cc21. The Labute approximate surface area is 407 Å². The van der Waals surface area contributed by atoms with Gasteiger partial charge in [-0.15, -0.1) is 0 Å². The van der Waals surface area contributed by atoms with Gasteiger partial charge in [0, 0.05) is 50.5 Å². The zero-order valence-electron chi connectivity index (χ0n) is 38.6. The minimum absolute atomic E-state index is 0.683. The van der Waals surface area contributed by atoms with Crippen LogP contribution in [0, 0.1) is 12.1 Å². The van der Waals surface area contributed by atoms with Gasteiger partial charge in [-0.1, -0.05) is 176 Å². The molecule has 0 radical (unpaired) electrons. The van der Waals surface area contributed by atoms with Crippen LogP contribution >= 0.6 is 0 Å². The van der Waals surface area contributed by atoms with E-state index in [0.717, 1.165) is 40.3 Å². The molecule has 11 aromatic carbocycles. The second-order valence-corrected chi connectivity index (χ2v) is 18.5. The third-order valence-corrected chi connectivity index (χ3v) is 15.0. The molecule has 3 nitrogen and oxygen atoms in total. The normalized spacial score (nSPS) is 12.7. The number of nitrogens with zero attached hydrogens (tertiary/aromatic N) is 3. The van der Waals surface area contributed by atoms with E-state index in [1.54, 1.807) is 0 Å². The van der Waals surface area contributed by atoms with Crippen LogP contribution in [-0.4, -0.2) is 9.13 Å². The van der Waals surface area contributed by atoms with Crippen LogP contribution in [0.25, 0.3) is 82.3 Å². The summed E-state index contributed by atoms with van der Waals surface area (Å²) in [5.74, 6) is 0. The Morgan fingerprint density at radius 1 is 0.457 bits per heavy atom. The molecule has 0 aliphatic heterocycles. The lowest BCUT2D eigenvalue weighted by molar-refractivity contribution is 0.769.